The van der Waals surface area contributed by atoms with E-state index in [0.29, 0.717) is 12.0 Å². The first-order valence-electron chi connectivity index (χ1n) is 7.21. The van der Waals surface area contributed by atoms with E-state index in [2.05, 4.69) is 27.5 Å². The van der Waals surface area contributed by atoms with Gasteiger partial charge in [0.1, 0.15) is 0 Å². The highest BCUT2D eigenvalue weighted by Gasteiger charge is 2.35. The fourth-order valence-corrected chi connectivity index (χ4v) is 4.08. The van der Waals surface area contributed by atoms with Crippen LogP contribution in [0.3, 0.4) is 0 Å². The van der Waals surface area contributed by atoms with Gasteiger partial charge < -0.3 is 5.32 Å². The second-order valence-electron chi connectivity index (χ2n) is 5.67. The molecule has 3 atom stereocenters. The minimum atomic E-state index is 0.544. The summed E-state index contributed by atoms with van der Waals surface area (Å²) in [6, 6.07) is 1.52. The zero-order valence-electron chi connectivity index (χ0n) is 11.1. The molecule has 0 spiro atoms. The molecule has 3 unspecified atom stereocenters. The lowest BCUT2D eigenvalue weighted by Crippen LogP contribution is -2.45. The molecule has 0 radical (unpaired) electrons. The number of nitrogens with zero attached hydrogens (tertiary/aromatic N) is 2. The van der Waals surface area contributed by atoms with Crippen LogP contribution in [0.25, 0.3) is 0 Å². The van der Waals surface area contributed by atoms with Crippen molar-refractivity contribution in [3.63, 3.8) is 0 Å². The van der Waals surface area contributed by atoms with E-state index in [1.807, 2.05) is 6.20 Å². The second-order valence-corrected chi connectivity index (χ2v) is 6.60. The molecule has 3 heterocycles. The van der Waals surface area contributed by atoms with Crippen molar-refractivity contribution in [1.82, 2.24) is 15.2 Å². The smallest absolute Gasteiger partial charge is 0.0965 e. The molecule has 100 valence electrons. The summed E-state index contributed by atoms with van der Waals surface area (Å²) >= 11 is 1.77. The van der Waals surface area contributed by atoms with Gasteiger partial charge in [0.25, 0.3) is 0 Å². The Labute approximate surface area is 114 Å². The van der Waals surface area contributed by atoms with E-state index in [1.54, 1.807) is 11.3 Å². The molecule has 4 heteroatoms. The molecule has 2 saturated heterocycles. The largest absolute Gasteiger partial charge is 0.312 e. The molecule has 2 aliphatic heterocycles. The van der Waals surface area contributed by atoms with E-state index in [0.717, 1.165) is 12.6 Å². The monoisotopic (exact) mass is 265 g/mol. The highest BCUT2D eigenvalue weighted by atomic mass is 32.1. The Kier molecular flexibility index (Phi) is 3.97. The van der Waals surface area contributed by atoms with Crippen molar-refractivity contribution >= 4 is 11.3 Å². The Bertz CT molecular complexity index is 365. The maximum Gasteiger partial charge on any atom is 0.0965 e. The molecular formula is C14H23N3S. The molecule has 3 rings (SSSR count). The summed E-state index contributed by atoms with van der Waals surface area (Å²) in [6.45, 7) is 5.97. The first-order valence-corrected chi connectivity index (χ1v) is 8.09. The Hall–Kier alpha value is -0.450. The van der Waals surface area contributed by atoms with Crippen LogP contribution in [-0.2, 0) is 0 Å². The maximum atomic E-state index is 4.41. The van der Waals surface area contributed by atoms with Crippen LogP contribution < -0.4 is 5.32 Å². The number of fused-ring (bicyclic) bond motifs is 1. The van der Waals surface area contributed by atoms with E-state index >= 15 is 0 Å². The van der Waals surface area contributed by atoms with Gasteiger partial charge in [-0.25, -0.2) is 4.98 Å². The number of thiazole rings is 1. The summed E-state index contributed by atoms with van der Waals surface area (Å²) in [5.41, 5.74) is 0. The molecule has 0 aliphatic carbocycles. The van der Waals surface area contributed by atoms with Gasteiger partial charge in [0.2, 0.25) is 0 Å². The zero-order valence-corrected chi connectivity index (χ0v) is 12.0. The van der Waals surface area contributed by atoms with Crippen molar-refractivity contribution in [2.24, 2.45) is 0 Å². The lowest BCUT2D eigenvalue weighted by atomic mass is 9.98. The lowest BCUT2D eigenvalue weighted by Gasteiger charge is -2.33. The van der Waals surface area contributed by atoms with Gasteiger partial charge in [-0.3, -0.25) is 4.90 Å². The molecule has 1 N–H and O–H groups in total. The Balaban J connectivity index is 1.51. The average molecular weight is 265 g/mol. The highest BCUT2D eigenvalue weighted by Crippen LogP contribution is 2.27. The number of hydrogen-bond acceptors (Lipinski definition) is 4. The molecule has 0 bridgehead atoms. The normalized spacial score (nSPS) is 30.3. The number of rotatable bonds is 4. The summed E-state index contributed by atoms with van der Waals surface area (Å²) in [6.07, 6.45) is 7.45. The van der Waals surface area contributed by atoms with Crippen molar-refractivity contribution < 1.29 is 0 Å². The van der Waals surface area contributed by atoms with Crippen LogP contribution >= 0.6 is 11.3 Å². The van der Waals surface area contributed by atoms with Crippen LogP contribution in [0, 0.1) is 0 Å². The number of nitrogens with one attached hydrogen (secondary N) is 1. The summed E-state index contributed by atoms with van der Waals surface area (Å²) in [7, 11) is 0. The quantitative estimate of drug-likeness (QED) is 0.906. The van der Waals surface area contributed by atoms with Crippen molar-refractivity contribution in [2.75, 3.05) is 19.6 Å². The predicted molar refractivity (Wildman–Crippen MR) is 76.1 cm³/mol. The molecule has 0 aromatic carbocycles. The van der Waals surface area contributed by atoms with Gasteiger partial charge in [-0.2, -0.15) is 0 Å². The third-order valence-corrected chi connectivity index (χ3v) is 5.42. The first kappa shape index (κ1) is 12.6. The Morgan fingerprint density at radius 2 is 2.39 bits per heavy atom. The van der Waals surface area contributed by atoms with Gasteiger partial charge >= 0.3 is 0 Å². The van der Waals surface area contributed by atoms with Crippen molar-refractivity contribution in [1.29, 1.82) is 0 Å². The van der Waals surface area contributed by atoms with Gasteiger partial charge in [0, 0.05) is 42.7 Å². The number of hydrogen-bond donors (Lipinski definition) is 1. The van der Waals surface area contributed by atoms with Crippen LogP contribution in [-0.4, -0.2) is 41.6 Å². The molecule has 18 heavy (non-hydrogen) atoms. The first-order chi connectivity index (χ1) is 8.84. The lowest BCUT2D eigenvalue weighted by molar-refractivity contribution is 0.180. The fourth-order valence-electron chi connectivity index (χ4n) is 3.38. The summed E-state index contributed by atoms with van der Waals surface area (Å²) in [5.74, 6) is 0.544. The zero-order chi connectivity index (χ0) is 12.4. The van der Waals surface area contributed by atoms with E-state index in [-0.39, 0.29) is 0 Å². The Morgan fingerprint density at radius 3 is 3.22 bits per heavy atom. The highest BCUT2D eigenvalue weighted by molar-refractivity contribution is 7.09. The average Bonchev–Trinajstić information content (AvgIpc) is 3.06. The van der Waals surface area contributed by atoms with Crippen molar-refractivity contribution in [2.45, 2.75) is 50.6 Å². The van der Waals surface area contributed by atoms with Crippen LogP contribution in [0.2, 0.25) is 0 Å². The molecule has 2 fully saturated rings. The molecule has 0 saturated carbocycles. The minimum absolute atomic E-state index is 0.544. The summed E-state index contributed by atoms with van der Waals surface area (Å²) in [4.78, 5) is 7.10. The fraction of sp³-hybridized carbons (Fsp3) is 0.786. The number of piperidine rings is 1. The van der Waals surface area contributed by atoms with Crippen LogP contribution in [0.5, 0.6) is 0 Å². The van der Waals surface area contributed by atoms with E-state index in [9.17, 15) is 0 Å². The van der Waals surface area contributed by atoms with Gasteiger partial charge in [-0.1, -0.05) is 13.3 Å². The third-order valence-electron chi connectivity index (χ3n) is 4.42. The molecule has 1 aromatic heterocycles. The Morgan fingerprint density at radius 1 is 1.44 bits per heavy atom. The summed E-state index contributed by atoms with van der Waals surface area (Å²) in [5, 5.41) is 7.13. The minimum Gasteiger partial charge on any atom is -0.312 e. The molecule has 2 aliphatic rings. The maximum absolute atomic E-state index is 4.41. The van der Waals surface area contributed by atoms with Gasteiger partial charge in [0.05, 0.1) is 5.01 Å². The molecule has 0 amide bonds. The van der Waals surface area contributed by atoms with Gasteiger partial charge in [-0.05, 0) is 25.8 Å². The standard InChI is InChI=1S/C14H23N3S/c1-11(14-15-6-9-18-14)10-16-12-5-8-17-7-3-2-4-13(12)17/h6,9,11-13,16H,2-5,7-8,10H2,1H3. The SMILES string of the molecule is CC(CNC1CCN2CCCCC12)c1nccs1. The van der Waals surface area contributed by atoms with E-state index < -0.39 is 0 Å². The van der Waals surface area contributed by atoms with E-state index in [1.165, 1.54) is 43.8 Å². The molecule has 3 nitrogen and oxygen atoms in total. The summed E-state index contributed by atoms with van der Waals surface area (Å²) < 4.78 is 0. The van der Waals surface area contributed by atoms with Crippen LogP contribution in [0.1, 0.15) is 43.5 Å². The number of aromatic nitrogens is 1. The van der Waals surface area contributed by atoms with Crippen LogP contribution in [0.15, 0.2) is 11.6 Å². The predicted octanol–water partition coefficient (Wildman–Crippen LogP) is 2.46. The molecular weight excluding hydrogens is 242 g/mol. The van der Waals surface area contributed by atoms with Gasteiger partial charge in [0.15, 0.2) is 0 Å². The third kappa shape index (κ3) is 2.60. The second kappa shape index (κ2) is 5.68. The van der Waals surface area contributed by atoms with Crippen molar-refractivity contribution in [3.05, 3.63) is 16.6 Å². The topological polar surface area (TPSA) is 28.2 Å². The van der Waals surface area contributed by atoms with E-state index in [4.69, 9.17) is 0 Å². The van der Waals surface area contributed by atoms with Crippen LogP contribution in [0.4, 0.5) is 0 Å². The van der Waals surface area contributed by atoms with Gasteiger partial charge in [-0.15, -0.1) is 11.3 Å². The van der Waals surface area contributed by atoms with Crippen molar-refractivity contribution in [3.8, 4) is 0 Å². The molecule has 1 aromatic rings.